The van der Waals surface area contributed by atoms with Crippen LogP contribution < -0.4 is 0 Å². The van der Waals surface area contributed by atoms with Gasteiger partial charge in [0.15, 0.2) is 0 Å². The number of unbranched alkanes of at least 4 members (excludes halogenated alkanes) is 6. The van der Waals surface area contributed by atoms with Crippen molar-refractivity contribution in [2.75, 3.05) is 0 Å². The fourth-order valence-corrected chi connectivity index (χ4v) is 5.87. The molecule has 46 heavy (non-hydrogen) atoms. The highest BCUT2D eigenvalue weighted by molar-refractivity contribution is 6.02. The molecule has 1 aliphatic carbocycles. The Morgan fingerprint density at radius 2 is 1.09 bits per heavy atom. The molecule has 0 bridgehead atoms. The predicted molar refractivity (Wildman–Crippen MR) is 187 cm³/mol. The monoisotopic (exact) mass is 622 g/mol. The Morgan fingerprint density at radius 3 is 1.59 bits per heavy atom. The summed E-state index contributed by atoms with van der Waals surface area (Å²) in [7, 11) is 0. The third-order valence-corrected chi connectivity index (χ3v) is 8.74. The zero-order valence-corrected chi connectivity index (χ0v) is 27.7. The first-order valence-corrected chi connectivity index (χ1v) is 17.4. The standard InChI is InChI=1S/C40H50N2O4/c1-3-5-7-15-21-37(41-45-39(43)35-17-11-9-12-18-35)33-27-23-31(24-28-33)32-25-29-34(30-26-32)38(22-16-8-6-4-2)42-46-40(44)36-19-13-10-14-20-36/h9,11-12,17-18,23-30,36H,3-8,10,13-16,19-22H2,1-2H3. The van der Waals surface area contributed by atoms with E-state index in [1.54, 1.807) is 12.1 Å². The SMILES string of the molecule is CCCCCCC(=NOC(=O)c1ccccc1)c1ccc(-c2ccc(C(CCCCCC)=NOC(=O)C3CCCCC3)cc2)cc1. The first-order valence-electron chi connectivity index (χ1n) is 17.4. The molecule has 3 aromatic carbocycles. The quantitative estimate of drug-likeness (QED) is 0.0649. The van der Waals surface area contributed by atoms with E-state index in [9.17, 15) is 9.59 Å². The number of hydrogen-bond donors (Lipinski definition) is 0. The highest BCUT2D eigenvalue weighted by atomic mass is 16.7. The van der Waals surface area contributed by atoms with Crippen LogP contribution in [0.25, 0.3) is 11.1 Å². The van der Waals surface area contributed by atoms with Gasteiger partial charge in [-0.05, 0) is 72.9 Å². The molecular formula is C40H50N2O4. The Bertz CT molecular complexity index is 1410. The summed E-state index contributed by atoms with van der Waals surface area (Å²) < 4.78 is 0. The van der Waals surface area contributed by atoms with Crippen LogP contribution >= 0.6 is 0 Å². The Morgan fingerprint density at radius 1 is 0.587 bits per heavy atom. The third-order valence-electron chi connectivity index (χ3n) is 8.74. The molecule has 0 amide bonds. The van der Waals surface area contributed by atoms with Crippen molar-refractivity contribution < 1.29 is 19.3 Å². The van der Waals surface area contributed by atoms with Gasteiger partial charge in [0.2, 0.25) is 0 Å². The first kappa shape index (κ1) is 34.8. The van der Waals surface area contributed by atoms with E-state index in [0.717, 1.165) is 104 Å². The molecule has 0 N–H and O–H groups in total. The summed E-state index contributed by atoms with van der Waals surface area (Å²) in [6, 6.07) is 25.5. The Balaban J connectivity index is 1.46. The Hall–Kier alpha value is -4.06. The summed E-state index contributed by atoms with van der Waals surface area (Å²) in [5.41, 5.74) is 6.16. The van der Waals surface area contributed by atoms with E-state index in [4.69, 9.17) is 9.68 Å². The minimum atomic E-state index is -0.458. The molecule has 0 aromatic heterocycles. The lowest BCUT2D eigenvalue weighted by Crippen LogP contribution is -2.19. The molecule has 244 valence electrons. The van der Waals surface area contributed by atoms with Crippen molar-refractivity contribution in [3.8, 4) is 11.1 Å². The van der Waals surface area contributed by atoms with Gasteiger partial charge in [0.25, 0.3) is 0 Å². The molecule has 1 saturated carbocycles. The molecule has 6 heteroatoms. The summed E-state index contributed by atoms with van der Waals surface area (Å²) in [6.45, 7) is 4.39. The number of benzene rings is 3. The molecule has 0 saturated heterocycles. The molecule has 0 radical (unpaired) electrons. The van der Waals surface area contributed by atoms with E-state index in [0.29, 0.717) is 5.56 Å². The van der Waals surface area contributed by atoms with Gasteiger partial charge in [-0.1, -0.05) is 149 Å². The maximum absolute atomic E-state index is 12.7. The van der Waals surface area contributed by atoms with Crippen molar-refractivity contribution in [1.82, 2.24) is 0 Å². The molecular weight excluding hydrogens is 572 g/mol. The Kier molecular flexibility index (Phi) is 14.7. The lowest BCUT2D eigenvalue weighted by molar-refractivity contribution is -0.149. The van der Waals surface area contributed by atoms with E-state index in [1.807, 2.05) is 30.3 Å². The molecule has 0 aliphatic heterocycles. The second-order valence-electron chi connectivity index (χ2n) is 12.3. The summed E-state index contributed by atoms with van der Waals surface area (Å²) in [5, 5.41) is 8.72. The van der Waals surface area contributed by atoms with Crippen molar-refractivity contribution in [2.24, 2.45) is 16.2 Å². The molecule has 1 fully saturated rings. The van der Waals surface area contributed by atoms with Crippen LogP contribution in [0.5, 0.6) is 0 Å². The van der Waals surface area contributed by atoms with E-state index in [1.165, 1.54) is 25.7 Å². The van der Waals surface area contributed by atoms with Crippen LogP contribution in [-0.2, 0) is 14.5 Å². The zero-order chi connectivity index (χ0) is 32.4. The van der Waals surface area contributed by atoms with Gasteiger partial charge in [0.1, 0.15) is 0 Å². The molecule has 3 aromatic rings. The molecule has 0 spiro atoms. The Labute approximate surface area is 275 Å². The van der Waals surface area contributed by atoms with Gasteiger partial charge in [0, 0.05) is 0 Å². The normalized spacial score (nSPS) is 14.2. The maximum atomic E-state index is 12.7. The van der Waals surface area contributed by atoms with Crippen LogP contribution in [0.15, 0.2) is 89.2 Å². The molecule has 0 heterocycles. The summed E-state index contributed by atoms with van der Waals surface area (Å²) in [6.07, 6.45) is 15.6. The fraction of sp³-hybridized carbons (Fsp3) is 0.450. The first-order chi connectivity index (χ1) is 22.6. The largest absolute Gasteiger partial charge is 0.365 e. The van der Waals surface area contributed by atoms with Gasteiger partial charge in [-0.25, -0.2) is 9.59 Å². The van der Waals surface area contributed by atoms with Crippen LogP contribution in [0, 0.1) is 5.92 Å². The maximum Gasteiger partial charge on any atom is 0.365 e. The number of hydrogen-bond acceptors (Lipinski definition) is 6. The van der Waals surface area contributed by atoms with Gasteiger partial charge in [-0.2, -0.15) is 0 Å². The van der Waals surface area contributed by atoms with E-state index < -0.39 is 5.97 Å². The molecule has 0 atom stereocenters. The average Bonchev–Trinajstić information content (AvgIpc) is 3.11. The average molecular weight is 623 g/mol. The minimum Gasteiger partial charge on any atom is -0.318 e. The molecule has 1 aliphatic rings. The van der Waals surface area contributed by atoms with Crippen LogP contribution in [0.2, 0.25) is 0 Å². The topological polar surface area (TPSA) is 77.3 Å². The van der Waals surface area contributed by atoms with Gasteiger partial charge in [-0.15, -0.1) is 0 Å². The number of carbonyl (C=O) groups is 2. The predicted octanol–water partition coefficient (Wildman–Crippen LogP) is 10.7. The lowest BCUT2D eigenvalue weighted by Gasteiger charge is -2.18. The smallest absolute Gasteiger partial charge is 0.318 e. The van der Waals surface area contributed by atoms with Gasteiger partial charge in [0.05, 0.1) is 22.9 Å². The third kappa shape index (κ3) is 11.1. The van der Waals surface area contributed by atoms with E-state index >= 15 is 0 Å². The number of nitrogens with zero attached hydrogens (tertiary/aromatic N) is 2. The molecule has 6 nitrogen and oxygen atoms in total. The number of carbonyl (C=O) groups excluding carboxylic acids is 2. The van der Waals surface area contributed by atoms with Crippen molar-refractivity contribution in [1.29, 1.82) is 0 Å². The van der Waals surface area contributed by atoms with E-state index in [-0.39, 0.29) is 11.9 Å². The summed E-state index contributed by atoms with van der Waals surface area (Å²) >= 11 is 0. The van der Waals surface area contributed by atoms with Crippen molar-refractivity contribution >= 4 is 23.4 Å². The second-order valence-corrected chi connectivity index (χ2v) is 12.3. The molecule has 0 unspecified atom stereocenters. The van der Waals surface area contributed by atoms with E-state index in [2.05, 4.69) is 60.6 Å². The number of oxime groups is 2. The lowest BCUT2D eigenvalue weighted by atomic mass is 9.89. The number of rotatable bonds is 17. The highest BCUT2D eigenvalue weighted by Gasteiger charge is 2.23. The van der Waals surface area contributed by atoms with Crippen LogP contribution in [0.4, 0.5) is 0 Å². The van der Waals surface area contributed by atoms with Gasteiger partial charge >= 0.3 is 11.9 Å². The van der Waals surface area contributed by atoms with Gasteiger partial charge in [-0.3, -0.25) is 0 Å². The van der Waals surface area contributed by atoms with Crippen LogP contribution in [-0.4, -0.2) is 23.4 Å². The van der Waals surface area contributed by atoms with Crippen molar-refractivity contribution in [3.05, 3.63) is 95.6 Å². The highest BCUT2D eigenvalue weighted by Crippen LogP contribution is 2.26. The van der Waals surface area contributed by atoms with Crippen LogP contribution in [0.3, 0.4) is 0 Å². The summed E-state index contributed by atoms with van der Waals surface area (Å²) in [5.74, 6) is -0.673. The fourth-order valence-electron chi connectivity index (χ4n) is 5.87. The van der Waals surface area contributed by atoms with Crippen LogP contribution in [0.1, 0.15) is 132 Å². The molecule has 4 rings (SSSR count). The second kappa shape index (κ2) is 19.5. The van der Waals surface area contributed by atoms with Gasteiger partial charge < -0.3 is 9.68 Å². The van der Waals surface area contributed by atoms with Crippen molar-refractivity contribution in [3.63, 3.8) is 0 Å². The zero-order valence-electron chi connectivity index (χ0n) is 27.7. The van der Waals surface area contributed by atoms with Crippen molar-refractivity contribution in [2.45, 2.75) is 110 Å². The minimum absolute atomic E-state index is 0.0259. The summed E-state index contributed by atoms with van der Waals surface area (Å²) in [4.78, 5) is 36.1.